The maximum atomic E-state index is 5.79. The Bertz CT molecular complexity index is 517. The van der Waals surface area contributed by atoms with E-state index in [2.05, 4.69) is 68.3 Å². The molecule has 0 heterocycles. The van der Waals surface area contributed by atoms with E-state index < -0.39 is 0 Å². The molecule has 1 unspecified atom stereocenters. The van der Waals surface area contributed by atoms with Crippen LogP contribution in [0.5, 0.6) is 0 Å². The number of anilines is 1. The molecule has 0 aliphatic carbocycles. The predicted molar refractivity (Wildman–Crippen MR) is 86.3 cm³/mol. The van der Waals surface area contributed by atoms with E-state index in [-0.39, 0.29) is 0 Å². The lowest BCUT2D eigenvalue weighted by atomic mass is 9.94. The summed E-state index contributed by atoms with van der Waals surface area (Å²) in [6.07, 6.45) is 0. The zero-order valence-corrected chi connectivity index (χ0v) is 12.6. The van der Waals surface area contributed by atoms with Gasteiger partial charge in [-0.05, 0) is 36.2 Å². The maximum Gasteiger partial charge on any atom is 0.0371 e. The number of nitrogens with two attached hydrogens (primary N) is 1. The Morgan fingerprint density at radius 1 is 0.950 bits per heavy atom. The van der Waals surface area contributed by atoms with Gasteiger partial charge in [0.15, 0.2) is 0 Å². The van der Waals surface area contributed by atoms with Crippen LogP contribution in [-0.2, 0) is 6.54 Å². The van der Waals surface area contributed by atoms with Crippen molar-refractivity contribution < 1.29 is 0 Å². The van der Waals surface area contributed by atoms with Crippen molar-refractivity contribution in [1.29, 1.82) is 0 Å². The number of nitrogen functional groups attached to an aromatic ring is 1. The molecule has 0 aliphatic rings. The first-order chi connectivity index (χ1) is 9.58. The van der Waals surface area contributed by atoms with E-state index in [0.29, 0.717) is 12.0 Å². The molecular formula is C18H24N2. The third-order valence-electron chi connectivity index (χ3n) is 3.66. The number of nitrogens with zero attached hydrogens (tertiary/aromatic N) is 1. The van der Waals surface area contributed by atoms with Gasteiger partial charge in [-0.25, -0.2) is 0 Å². The molecule has 2 nitrogen and oxygen atoms in total. The van der Waals surface area contributed by atoms with Crippen LogP contribution < -0.4 is 5.73 Å². The molecule has 0 bridgehead atoms. The Labute approximate surface area is 122 Å². The van der Waals surface area contributed by atoms with Gasteiger partial charge in [0.25, 0.3) is 0 Å². The maximum absolute atomic E-state index is 5.79. The van der Waals surface area contributed by atoms with Gasteiger partial charge in [0.05, 0.1) is 0 Å². The van der Waals surface area contributed by atoms with Crippen molar-refractivity contribution in [3.05, 3.63) is 65.7 Å². The van der Waals surface area contributed by atoms with Crippen molar-refractivity contribution >= 4 is 5.69 Å². The lowest BCUT2D eigenvalue weighted by Crippen LogP contribution is -2.28. The molecular weight excluding hydrogens is 244 g/mol. The normalized spacial score (nSPS) is 12.8. The van der Waals surface area contributed by atoms with Gasteiger partial charge in [-0.1, -0.05) is 56.3 Å². The van der Waals surface area contributed by atoms with Gasteiger partial charge >= 0.3 is 0 Å². The van der Waals surface area contributed by atoms with Crippen LogP contribution in [-0.4, -0.2) is 11.9 Å². The van der Waals surface area contributed by atoms with E-state index in [4.69, 9.17) is 5.73 Å². The third kappa shape index (κ3) is 3.61. The second kappa shape index (κ2) is 6.58. The summed E-state index contributed by atoms with van der Waals surface area (Å²) in [6, 6.07) is 19.3. The van der Waals surface area contributed by atoms with Crippen LogP contribution in [0.15, 0.2) is 54.6 Å². The van der Waals surface area contributed by atoms with Gasteiger partial charge in [0, 0.05) is 18.3 Å². The Hall–Kier alpha value is -1.80. The summed E-state index contributed by atoms with van der Waals surface area (Å²) in [5.41, 5.74) is 9.28. The van der Waals surface area contributed by atoms with Crippen molar-refractivity contribution in [1.82, 2.24) is 4.90 Å². The van der Waals surface area contributed by atoms with E-state index in [1.165, 1.54) is 11.1 Å². The zero-order valence-electron chi connectivity index (χ0n) is 12.6. The average Bonchev–Trinajstić information content (AvgIpc) is 2.42. The lowest BCUT2D eigenvalue weighted by molar-refractivity contribution is 0.186. The largest absolute Gasteiger partial charge is 0.399 e. The highest BCUT2D eigenvalue weighted by molar-refractivity contribution is 5.40. The van der Waals surface area contributed by atoms with Crippen molar-refractivity contribution in [2.45, 2.75) is 26.4 Å². The fourth-order valence-electron chi connectivity index (χ4n) is 2.81. The quantitative estimate of drug-likeness (QED) is 0.827. The lowest BCUT2D eigenvalue weighted by Gasteiger charge is -2.32. The summed E-state index contributed by atoms with van der Waals surface area (Å²) < 4.78 is 0. The fraction of sp³-hybridized carbons (Fsp3) is 0.333. The second-order valence-electron chi connectivity index (χ2n) is 5.76. The van der Waals surface area contributed by atoms with Crippen molar-refractivity contribution in [2.24, 2.45) is 5.92 Å². The van der Waals surface area contributed by atoms with Crippen molar-refractivity contribution in [3.8, 4) is 0 Å². The van der Waals surface area contributed by atoms with E-state index in [9.17, 15) is 0 Å². The highest BCUT2D eigenvalue weighted by atomic mass is 15.1. The van der Waals surface area contributed by atoms with Gasteiger partial charge in [-0.2, -0.15) is 0 Å². The van der Waals surface area contributed by atoms with Gasteiger partial charge < -0.3 is 5.73 Å². The fourth-order valence-corrected chi connectivity index (χ4v) is 2.81. The Balaban J connectivity index is 2.18. The highest BCUT2D eigenvalue weighted by Gasteiger charge is 2.20. The predicted octanol–water partition coefficient (Wildman–Crippen LogP) is 4.10. The van der Waals surface area contributed by atoms with Crippen LogP contribution in [0.25, 0.3) is 0 Å². The smallest absolute Gasteiger partial charge is 0.0371 e. The average molecular weight is 268 g/mol. The second-order valence-corrected chi connectivity index (χ2v) is 5.76. The Morgan fingerprint density at radius 3 is 2.10 bits per heavy atom. The molecule has 2 heteroatoms. The van der Waals surface area contributed by atoms with E-state index in [1.807, 2.05) is 12.1 Å². The number of hydrogen-bond acceptors (Lipinski definition) is 2. The minimum atomic E-state index is 0.399. The van der Waals surface area contributed by atoms with Crippen molar-refractivity contribution in [3.63, 3.8) is 0 Å². The van der Waals surface area contributed by atoms with Gasteiger partial charge in [-0.15, -0.1) is 0 Å². The third-order valence-corrected chi connectivity index (χ3v) is 3.66. The van der Waals surface area contributed by atoms with Gasteiger partial charge in [0.1, 0.15) is 0 Å². The van der Waals surface area contributed by atoms with Gasteiger partial charge in [-0.3, -0.25) is 4.90 Å². The number of rotatable bonds is 5. The molecule has 0 fully saturated rings. The molecule has 106 valence electrons. The molecule has 0 aromatic heterocycles. The highest BCUT2D eigenvalue weighted by Crippen LogP contribution is 2.29. The number of benzene rings is 2. The first kappa shape index (κ1) is 14.6. The Kier molecular flexibility index (Phi) is 4.80. The molecule has 0 spiro atoms. The van der Waals surface area contributed by atoms with Gasteiger partial charge in [0.2, 0.25) is 0 Å². The standard InChI is InChI=1S/C18H24N2/c1-14(2)18(16-9-11-17(19)12-10-16)20(3)13-15-7-5-4-6-8-15/h4-12,14,18H,13,19H2,1-3H3. The molecule has 0 saturated carbocycles. The van der Waals surface area contributed by atoms with E-state index in [0.717, 1.165) is 12.2 Å². The first-order valence-corrected chi connectivity index (χ1v) is 7.17. The molecule has 0 radical (unpaired) electrons. The minimum Gasteiger partial charge on any atom is -0.399 e. The summed E-state index contributed by atoms with van der Waals surface area (Å²) in [4.78, 5) is 2.41. The number of hydrogen-bond donors (Lipinski definition) is 1. The SMILES string of the molecule is CC(C)C(c1ccc(N)cc1)N(C)Cc1ccccc1. The molecule has 2 rings (SSSR count). The van der Waals surface area contributed by atoms with Crippen LogP contribution >= 0.6 is 0 Å². The summed E-state index contributed by atoms with van der Waals surface area (Å²) in [5.74, 6) is 0.548. The summed E-state index contributed by atoms with van der Waals surface area (Å²) >= 11 is 0. The molecule has 0 saturated heterocycles. The summed E-state index contributed by atoms with van der Waals surface area (Å²) in [7, 11) is 2.19. The molecule has 2 aromatic rings. The molecule has 1 atom stereocenters. The van der Waals surface area contributed by atoms with E-state index in [1.54, 1.807) is 0 Å². The summed E-state index contributed by atoms with van der Waals surface area (Å²) in [5, 5.41) is 0. The molecule has 20 heavy (non-hydrogen) atoms. The molecule has 0 aliphatic heterocycles. The van der Waals surface area contributed by atoms with Crippen LogP contribution in [0.2, 0.25) is 0 Å². The Morgan fingerprint density at radius 2 is 1.55 bits per heavy atom. The van der Waals surface area contributed by atoms with Crippen LogP contribution in [0.1, 0.15) is 31.0 Å². The topological polar surface area (TPSA) is 29.3 Å². The molecule has 2 aromatic carbocycles. The zero-order chi connectivity index (χ0) is 14.5. The first-order valence-electron chi connectivity index (χ1n) is 7.17. The van der Waals surface area contributed by atoms with Crippen LogP contribution in [0.3, 0.4) is 0 Å². The monoisotopic (exact) mass is 268 g/mol. The van der Waals surface area contributed by atoms with Crippen molar-refractivity contribution in [2.75, 3.05) is 12.8 Å². The van der Waals surface area contributed by atoms with Crippen LogP contribution in [0, 0.1) is 5.92 Å². The van der Waals surface area contributed by atoms with E-state index >= 15 is 0 Å². The molecule has 2 N–H and O–H groups in total. The van der Waals surface area contributed by atoms with Crippen LogP contribution in [0.4, 0.5) is 5.69 Å². The molecule has 0 amide bonds. The summed E-state index contributed by atoms with van der Waals surface area (Å²) in [6.45, 7) is 5.49. The minimum absolute atomic E-state index is 0.399.